The van der Waals surface area contributed by atoms with E-state index in [1.807, 2.05) is 0 Å². The summed E-state index contributed by atoms with van der Waals surface area (Å²) in [6.07, 6.45) is 1.39. The van der Waals surface area contributed by atoms with Crippen molar-refractivity contribution < 1.29 is 18.7 Å². The molecule has 1 aromatic heterocycles. The topological polar surface area (TPSA) is 72.6 Å². The molecule has 0 saturated heterocycles. The van der Waals surface area contributed by atoms with Gasteiger partial charge < -0.3 is 14.1 Å². The fourth-order valence-corrected chi connectivity index (χ4v) is 1.27. The molecule has 0 bridgehead atoms. The Labute approximate surface area is 99.6 Å². The highest BCUT2D eigenvalue weighted by Crippen LogP contribution is 2.08. The monoisotopic (exact) mass is 240 g/mol. The fourth-order valence-electron chi connectivity index (χ4n) is 1.27. The first kappa shape index (κ1) is 13.2. The van der Waals surface area contributed by atoms with Gasteiger partial charge in [0.05, 0.1) is 18.7 Å². The SMILES string of the molecule is CCOC(=O)CCN(C)C(=O)c1ocnc1C. The maximum Gasteiger partial charge on any atom is 0.307 e. The van der Waals surface area contributed by atoms with Crippen LogP contribution in [-0.2, 0) is 9.53 Å². The average molecular weight is 240 g/mol. The van der Waals surface area contributed by atoms with Gasteiger partial charge in [-0.2, -0.15) is 0 Å². The van der Waals surface area contributed by atoms with Crippen LogP contribution in [0.2, 0.25) is 0 Å². The van der Waals surface area contributed by atoms with Gasteiger partial charge in [-0.3, -0.25) is 9.59 Å². The molecule has 1 aromatic rings. The van der Waals surface area contributed by atoms with Crippen LogP contribution in [0, 0.1) is 6.92 Å². The van der Waals surface area contributed by atoms with Crippen LogP contribution >= 0.6 is 0 Å². The molecule has 1 rings (SSSR count). The Kier molecular flexibility index (Phi) is 4.68. The van der Waals surface area contributed by atoms with E-state index in [1.54, 1.807) is 20.9 Å². The molecule has 0 aliphatic carbocycles. The summed E-state index contributed by atoms with van der Waals surface area (Å²) in [6.45, 7) is 4.07. The Morgan fingerprint density at radius 3 is 2.76 bits per heavy atom. The summed E-state index contributed by atoms with van der Waals surface area (Å²) >= 11 is 0. The molecule has 0 spiro atoms. The Morgan fingerprint density at radius 1 is 1.53 bits per heavy atom. The highest BCUT2D eigenvalue weighted by molar-refractivity contribution is 5.92. The molecule has 17 heavy (non-hydrogen) atoms. The molecule has 0 aliphatic heterocycles. The molecule has 0 saturated carbocycles. The molecule has 1 amide bonds. The number of aryl methyl sites for hydroxylation is 1. The molecule has 0 N–H and O–H groups in total. The number of oxazole rings is 1. The van der Waals surface area contributed by atoms with Crippen molar-refractivity contribution in [2.45, 2.75) is 20.3 Å². The molecular formula is C11H16N2O4. The van der Waals surface area contributed by atoms with Gasteiger partial charge in [0.2, 0.25) is 5.76 Å². The third-order valence-corrected chi connectivity index (χ3v) is 2.24. The normalized spacial score (nSPS) is 10.1. The first-order chi connectivity index (χ1) is 8.06. The number of esters is 1. The van der Waals surface area contributed by atoms with Crippen molar-refractivity contribution >= 4 is 11.9 Å². The predicted octanol–water partition coefficient (Wildman–Crippen LogP) is 1.01. The van der Waals surface area contributed by atoms with E-state index in [0.717, 1.165) is 0 Å². The van der Waals surface area contributed by atoms with E-state index in [-0.39, 0.29) is 30.6 Å². The summed E-state index contributed by atoms with van der Waals surface area (Å²) in [5, 5.41) is 0. The van der Waals surface area contributed by atoms with Crippen LogP contribution in [0.3, 0.4) is 0 Å². The largest absolute Gasteiger partial charge is 0.466 e. The highest BCUT2D eigenvalue weighted by Gasteiger charge is 2.19. The number of hydrogen-bond donors (Lipinski definition) is 0. The van der Waals surface area contributed by atoms with E-state index in [4.69, 9.17) is 9.15 Å². The van der Waals surface area contributed by atoms with Gasteiger partial charge in [-0.25, -0.2) is 4.98 Å². The summed E-state index contributed by atoms with van der Waals surface area (Å²) in [5.74, 6) is -0.401. The number of amides is 1. The first-order valence-electron chi connectivity index (χ1n) is 5.37. The Morgan fingerprint density at radius 2 is 2.24 bits per heavy atom. The lowest BCUT2D eigenvalue weighted by Gasteiger charge is -2.15. The second-order valence-corrected chi connectivity index (χ2v) is 3.55. The number of ether oxygens (including phenoxy) is 1. The molecule has 94 valence electrons. The van der Waals surface area contributed by atoms with E-state index in [9.17, 15) is 9.59 Å². The molecule has 6 nitrogen and oxygen atoms in total. The minimum Gasteiger partial charge on any atom is -0.466 e. The fraction of sp³-hybridized carbons (Fsp3) is 0.545. The molecule has 0 aliphatic rings. The van der Waals surface area contributed by atoms with Crippen LogP contribution in [-0.4, -0.2) is 42.0 Å². The van der Waals surface area contributed by atoms with Crippen LogP contribution in [0.4, 0.5) is 0 Å². The van der Waals surface area contributed by atoms with Gasteiger partial charge in [0.25, 0.3) is 5.91 Å². The van der Waals surface area contributed by atoms with E-state index in [0.29, 0.717) is 12.3 Å². The summed E-state index contributed by atoms with van der Waals surface area (Å²) in [4.78, 5) is 28.2. The van der Waals surface area contributed by atoms with Gasteiger partial charge in [-0.1, -0.05) is 0 Å². The zero-order valence-electron chi connectivity index (χ0n) is 10.2. The number of nitrogens with zero attached hydrogens (tertiary/aromatic N) is 2. The third-order valence-electron chi connectivity index (χ3n) is 2.24. The second kappa shape index (κ2) is 6.03. The van der Waals surface area contributed by atoms with Crippen molar-refractivity contribution in [1.82, 2.24) is 9.88 Å². The quantitative estimate of drug-likeness (QED) is 0.718. The Balaban J connectivity index is 2.48. The van der Waals surface area contributed by atoms with Crippen LogP contribution in [0.5, 0.6) is 0 Å². The van der Waals surface area contributed by atoms with E-state index < -0.39 is 0 Å². The van der Waals surface area contributed by atoms with Crippen molar-refractivity contribution in [3.8, 4) is 0 Å². The minimum absolute atomic E-state index is 0.170. The van der Waals surface area contributed by atoms with Crippen molar-refractivity contribution in [2.75, 3.05) is 20.2 Å². The maximum absolute atomic E-state index is 11.8. The van der Waals surface area contributed by atoms with E-state index in [2.05, 4.69) is 4.98 Å². The van der Waals surface area contributed by atoms with Crippen molar-refractivity contribution in [2.24, 2.45) is 0 Å². The van der Waals surface area contributed by atoms with Crippen molar-refractivity contribution in [3.05, 3.63) is 17.8 Å². The Bertz CT molecular complexity index is 400. The average Bonchev–Trinajstić information content (AvgIpc) is 2.71. The standard InChI is InChI=1S/C11H16N2O4/c1-4-16-9(14)5-6-13(3)11(15)10-8(2)12-7-17-10/h7H,4-6H2,1-3H3. The zero-order valence-corrected chi connectivity index (χ0v) is 10.2. The maximum atomic E-state index is 11.8. The van der Waals surface area contributed by atoms with Gasteiger partial charge in [-0.15, -0.1) is 0 Å². The highest BCUT2D eigenvalue weighted by atomic mass is 16.5. The molecule has 0 fully saturated rings. The van der Waals surface area contributed by atoms with Crippen LogP contribution in [0.1, 0.15) is 29.6 Å². The van der Waals surface area contributed by atoms with Crippen LogP contribution in [0.15, 0.2) is 10.8 Å². The molecule has 0 radical (unpaired) electrons. The first-order valence-corrected chi connectivity index (χ1v) is 5.37. The third kappa shape index (κ3) is 3.58. The lowest BCUT2D eigenvalue weighted by Crippen LogP contribution is -2.29. The molecule has 0 unspecified atom stereocenters. The summed E-state index contributed by atoms with van der Waals surface area (Å²) in [5.41, 5.74) is 0.540. The number of rotatable bonds is 5. The van der Waals surface area contributed by atoms with Gasteiger partial charge in [-0.05, 0) is 13.8 Å². The van der Waals surface area contributed by atoms with Gasteiger partial charge in [0.15, 0.2) is 6.39 Å². The number of hydrogen-bond acceptors (Lipinski definition) is 5. The van der Waals surface area contributed by atoms with Crippen molar-refractivity contribution in [3.63, 3.8) is 0 Å². The summed E-state index contributed by atoms with van der Waals surface area (Å²) in [6, 6.07) is 0. The van der Waals surface area contributed by atoms with Crippen LogP contribution in [0.25, 0.3) is 0 Å². The van der Waals surface area contributed by atoms with Gasteiger partial charge in [0, 0.05) is 13.6 Å². The number of carbonyl (C=O) groups excluding carboxylic acids is 2. The number of carbonyl (C=O) groups is 2. The smallest absolute Gasteiger partial charge is 0.307 e. The predicted molar refractivity (Wildman–Crippen MR) is 59.5 cm³/mol. The molecule has 0 aromatic carbocycles. The second-order valence-electron chi connectivity index (χ2n) is 3.55. The molecule has 6 heteroatoms. The van der Waals surface area contributed by atoms with Crippen LogP contribution < -0.4 is 0 Å². The molecule has 1 heterocycles. The van der Waals surface area contributed by atoms with Gasteiger partial charge in [0.1, 0.15) is 0 Å². The lowest BCUT2D eigenvalue weighted by atomic mass is 10.3. The zero-order chi connectivity index (χ0) is 12.8. The molecule has 0 atom stereocenters. The Hall–Kier alpha value is -1.85. The molecular weight excluding hydrogens is 224 g/mol. The van der Waals surface area contributed by atoms with E-state index in [1.165, 1.54) is 11.3 Å². The van der Waals surface area contributed by atoms with Gasteiger partial charge >= 0.3 is 5.97 Å². The number of aromatic nitrogens is 1. The summed E-state index contributed by atoms with van der Waals surface area (Å²) in [7, 11) is 1.60. The van der Waals surface area contributed by atoms with E-state index >= 15 is 0 Å². The lowest BCUT2D eigenvalue weighted by molar-refractivity contribution is -0.143. The minimum atomic E-state index is -0.318. The summed E-state index contributed by atoms with van der Waals surface area (Å²) < 4.78 is 9.76. The van der Waals surface area contributed by atoms with Crippen molar-refractivity contribution in [1.29, 1.82) is 0 Å².